The van der Waals surface area contributed by atoms with Gasteiger partial charge >= 0.3 is 0 Å². The molecule has 0 aliphatic rings. The Morgan fingerprint density at radius 2 is 1.82 bits per heavy atom. The highest BCUT2D eigenvalue weighted by atomic mass is 35.5. The van der Waals surface area contributed by atoms with Gasteiger partial charge < -0.3 is 0 Å². The number of rotatable bonds is 4. The summed E-state index contributed by atoms with van der Waals surface area (Å²) in [6, 6.07) is 0. The van der Waals surface area contributed by atoms with E-state index in [0.29, 0.717) is 19.6 Å². The topological polar surface area (TPSA) is 3.24 Å². The summed E-state index contributed by atoms with van der Waals surface area (Å²) in [6.07, 6.45) is 12.0. The molecule has 0 fully saturated rings. The highest BCUT2D eigenvalue weighted by Gasteiger charge is 1.95. The fraction of sp³-hybridized carbons (Fsp3) is 0.333. The first-order chi connectivity index (χ1) is 5.35. The molecule has 58 valence electrons. The normalized spacial score (nSPS) is 9.82. The number of halogens is 1. The summed E-state index contributed by atoms with van der Waals surface area (Å²) < 4.78 is 0. The van der Waals surface area contributed by atoms with Crippen LogP contribution in [0.4, 0.5) is 0 Å². The summed E-state index contributed by atoms with van der Waals surface area (Å²) in [5.74, 6) is 5.03. The van der Waals surface area contributed by atoms with E-state index in [1.807, 2.05) is 4.90 Å². The van der Waals surface area contributed by atoms with Gasteiger partial charge in [0.1, 0.15) is 0 Å². The molecule has 0 saturated carbocycles. The molecule has 0 aliphatic heterocycles. The predicted molar refractivity (Wildman–Crippen MR) is 49.1 cm³/mol. The van der Waals surface area contributed by atoms with Crippen molar-refractivity contribution >= 4 is 11.6 Å². The fourth-order valence-corrected chi connectivity index (χ4v) is 0.712. The Labute approximate surface area is 73.0 Å². The lowest BCUT2D eigenvalue weighted by Crippen LogP contribution is -2.24. The molecule has 0 unspecified atom stereocenters. The monoisotopic (exact) mass is 167 g/mol. The maximum atomic E-state index is 5.34. The lowest BCUT2D eigenvalue weighted by molar-refractivity contribution is 0.384. The largest absolute Gasteiger partial charge is 0.277 e. The van der Waals surface area contributed by atoms with E-state index in [4.69, 9.17) is 24.4 Å². The van der Waals surface area contributed by atoms with Crippen LogP contribution in [-0.4, -0.2) is 24.5 Å². The van der Waals surface area contributed by atoms with E-state index < -0.39 is 0 Å². The molecule has 0 bridgehead atoms. The zero-order chi connectivity index (χ0) is 8.53. The summed E-state index contributed by atoms with van der Waals surface area (Å²) in [7, 11) is 0. The molecule has 0 atom stereocenters. The van der Waals surface area contributed by atoms with Crippen molar-refractivity contribution in [3.05, 3.63) is 11.6 Å². The van der Waals surface area contributed by atoms with E-state index in [1.54, 1.807) is 6.08 Å². The van der Waals surface area contributed by atoms with Gasteiger partial charge in [-0.3, -0.25) is 4.90 Å². The van der Waals surface area contributed by atoms with Crippen molar-refractivity contribution in [2.75, 3.05) is 19.6 Å². The second-order valence-corrected chi connectivity index (χ2v) is 2.19. The lowest BCUT2D eigenvalue weighted by Gasteiger charge is -2.12. The Hall–Kier alpha value is -0.890. The Morgan fingerprint density at radius 3 is 2.18 bits per heavy atom. The average molecular weight is 168 g/mol. The van der Waals surface area contributed by atoms with Crippen LogP contribution in [0.5, 0.6) is 0 Å². The second kappa shape index (κ2) is 7.22. The van der Waals surface area contributed by atoms with Gasteiger partial charge in [-0.15, -0.1) is 12.8 Å². The van der Waals surface area contributed by atoms with Crippen molar-refractivity contribution in [2.45, 2.75) is 0 Å². The first kappa shape index (κ1) is 10.1. The maximum absolute atomic E-state index is 5.34. The van der Waals surface area contributed by atoms with Crippen LogP contribution in [0.2, 0.25) is 0 Å². The van der Waals surface area contributed by atoms with Crippen LogP contribution in [0.25, 0.3) is 0 Å². The van der Waals surface area contributed by atoms with E-state index in [-0.39, 0.29) is 0 Å². The summed E-state index contributed by atoms with van der Waals surface area (Å²) in [4.78, 5) is 1.93. The average Bonchev–Trinajstić information content (AvgIpc) is 2.01. The molecular formula is C9H10ClN. The Kier molecular flexibility index (Phi) is 6.64. The zero-order valence-corrected chi connectivity index (χ0v) is 7.01. The predicted octanol–water partition coefficient (Wildman–Crippen LogP) is 1.31. The molecule has 1 nitrogen and oxygen atoms in total. The van der Waals surface area contributed by atoms with Gasteiger partial charge in [-0.2, -0.15) is 0 Å². The molecular weight excluding hydrogens is 158 g/mol. The highest BCUT2D eigenvalue weighted by molar-refractivity contribution is 6.25. The van der Waals surface area contributed by atoms with Gasteiger partial charge in [-0.1, -0.05) is 29.5 Å². The van der Waals surface area contributed by atoms with Crippen LogP contribution < -0.4 is 0 Å². The van der Waals surface area contributed by atoms with Crippen molar-refractivity contribution in [3.63, 3.8) is 0 Å². The van der Waals surface area contributed by atoms with Gasteiger partial charge in [-0.25, -0.2) is 0 Å². The van der Waals surface area contributed by atoms with E-state index >= 15 is 0 Å². The molecule has 0 aromatic heterocycles. The molecule has 11 heavy (non-hydrogen) atoms. The summed E-state index contributed by atoms with van der Waals surface area (Å²) >= 11 is 5.34. The van der Waals surface area contributed by atoms with Crippen molar-refractivity contribution in [2.24, 2.45) is 0 Å². The standard InChI is InChI=1S/C9H10ClN/c1-3-7-11(8-4-2)9-5-6-10/h1-2,5-6H,7-9H2/b6-5+. The number of hydrogen-bond acceptors (Lipinski definition) is 1. The van der Waals surface area contributed by atoms with Gasteiger partial charge in [0.25, 0.3) is 0 Å². The highest BCUT2D eigenvalue weighted by Crippen LogP contribution is 1.88. The second-order valence-electron chi connectivity index (χ2n) is 1.94. The van der Waals surface area contributed by atoms with Gasteiger partial charge in [-0.05, 0) is 0 Å². The van der Waals surface area contributed by atoms with E-state index in [0.717, 1.165) is 0 Å². The van der Waals surface area contributed by atoms with Crippen molar-refractivity contribution < 1.29 is 0 Å². The quantitative estimate of drug-likeness (QED) is 0.571. The minimum atomic E-state index is 0.561. The van der Waals surface area contributed by atoms with Gasteiger partial charge in [0.2, 0.25) is 0 Å². The van der Waals surface area contributed by atoms with E-state index in [2.05, 4.69) is 11.8 Å². The third-order valence-corrected chi connectivity index (χ3v) is 1.26. The molecule has 0 saturated heterocycles. The lowest BCUT2D eigenvalue weighted by atomic mass is 10.4. The Balaban J connectivity index is 3.72. The minimum Gasteiger partial charge on any atom is -0.277 e. The van der Waals surface area contributed by atoms with Crippen LogP contribution >= 0.6 is 11.6 Å². The first-order valence-corrected chi connectivity index (χ1v) is 3.63. The molecule has 0 aromatic carbocycles. The van der Waals surface area contributed by atoms with Crippen LogP contribution in [-0.2, 0) is 0 Å². The molecule has 0 spiro atoms. The zero-order valence-electron chi connectivity index (χ0n) is 6.26. The number of nitrogens with zero attached hydrogens (tertiary/aromatic N) is 1. The fourth-order valence-electron chi connectivity index (χ4n) is 0.632. The SMILES string of the molecule is C#CCN(CC#C)C/C=C/Cl. The third kappa shape index (κ3) is 5.55. The van der Waals surface area contributed by atoms with Crippen molar-refractivity contribution in [3.8, 4) is 24.7 Å². The number of terminal acetylenes is 2. The first-order valence-electron chi connectivity index (χ1n) is 3.19. The van der Waals surface area contributed by atoms with Crippen molar-refractivity contribution in [1.29, 1.82) is 0 Å². The van der Waals surface area contributed by atoms with Gasteiger partial charge in [0, 0.05) is 12.1 Å². The molecule has 2 heteroatoms. The summed E-state index contributed by atoms with van der Waals surface area (Å²) in [5.41, 5.74) is 1.46. The van der Waals surface area contributed by atoms with E-state index in [9.17, 15) is 0 Å². The van der Waals surface area contributed by atoms with Gasteiger partial charge in [0.15, 0.2) is 0 Å². The Bertz CT molecular complexity index is 179. The maximum Gasteiger partial charge on any atom is 0.0610 e. The summed E-state index contributed by atoms with van der Waals surface area (Å²) in [6.45, 7) is 1.83. The third-order valence-electron chi connectivity index (χ3n) is 1.08. The molecule has 0 aliphatic carbocycles. The van der Waals surface area contributed by atoms with Crippen LogP contribution in [0.15, 0.2) is 11.6 Å². The van der Waals surface area contributed by atoms with E-state index in [1.165, 1.54) is 5.54 Å². The molecule has 0 rings (SSSR count). The van der Waals surface area contributed by atoms with Gasteiger partial charge in [0.05, 0.1) is 13.1 Å². The molecule has 0 aromatic rings. The molecule has 0 amide bonds. The smallest absolute Gasteiger partial charge is 0.0610 e. The van der Waals surface area contributed by atoms with Crippen molar-refractivity contribution in [1.82, 2.24) is 4.90 Å². The molecule has 0 N–H and O–H groups in total. The number of hydrogen-bond donors (Lipinski definition) is 0. The van der Waals surface area contributed by atoms with Crippen LogP contribution in [0.1, 0.15) is 0 Å². The van der Waals surface area contributed by atoms with Crippen LogP contribution in [0.3, 0.4) is 0 Å². The molecule has 0 radical (unpaired) electrons. The Morgan fingerprint density at radius 1 is 1.27 bits per heavy atom. The summed E-state index contributed by atoms with van der Waals surface area (Å²) in [5, 5.41) is 0. The molecule has 0 heterocycles. The van der Waals surface area contributed by atoms with Crippen LogP contribution in [0, 0.1) is 24.7 Å². The minimum absolute atomic E-state index is 0.561.